The molecule has 9 heteroatoms. The third kappa shape index (κ3) is 3.87. The zero-order valence-corrected chi connectivity index (χ0v) is 15.9. The molecule has 0 fully saturated rings. The highest BCUT2D eigenvalue weighted by atomic mass is 32.1. The molecule has 0 atom stereocenters. The molecule has 27 heavy (non-hydrogen) atoms. The third-order valence-corrected chi connectivity index (χ3v) is 4.75. The SMILES string of the molecule is CCOC(=O)Cn1c(=NC(=O)c2ccco2)sc2cc(OC)c(OC)cc21. The second kappa shape index (κ2) is 8.09. The zero-order valence-electron chi connectivity index (χ0n) is 15.1. The molecule has 1 aromatic carbocycles. The summed E-state index contributed by atoms with van der Waals surface area (Å²) in [5.41, 5.74) is 0.677. The molecule has 3 rings (SSSR count). The summed E-state index contributed by atoms with van der Waals surface area (Å²) in [6, 6.07) is 6.65. The van der Waals surface area contributed by atoms with Gasteiger partial charge in [0.1, 0.15) is 6.54 Å². The molecule has 8 nitrogen and oxygen atoms in total. The number of benzene rings is 1. The maximum Gasteiger partial charge on any atom is 0.326 e. The Balaban J connectivity index is 2.18. The average molecular weight is 390 g/mol. The van der Waals surface area contributed by atoms with Crippen molar-refractivity contribution >= 4 is 33.4 Å². The highest BCUT2D eigenvalue weighted by molar-refractivity contribution is 7.16. The summed E-state index contributed by atoms with van der Waals surface area (Å²) in [6.07, 6.45) is 1.40. The van der Waals surface area contributed by atoms with Gasteiger partial charge < -0.3 is 23.2 Å². The quantitative estimate of drug-likeness (QED) is 0.601. The van der Waals surface area contributed by atoms with Crippen molar-refractivity contribution in [3.8, 4) is 11.5 Å². The number of esters is 1. The molecular formula is C18H18N2O6S. The second-order valence-corrected chi connectivity index (χ2v) is 6.35. The number of hydrogen-bond acceptors (Lipinski definition) is 7. The Morgan fingerprint density at radius 3 is 2.59 bits per heavy atom. The average Bonchev–Trinajstić information content (AvgIpc) is 3.30. The molecule has 0 N–H and O–H groups in total. The summed E-state index contributed by atoms with van der Waals surface area (Å²) < 4.78 is 23.2. The van der Waals surface area contributed by atoms with Crippen LogP contribution in [-0.4, -0.2) is 37.3 Å². The van der Waals surface area contributed by atoms with Crippen molar-refractivity contribution in [2.75, 3.05) is 20.8 Å². The molecule has 0 aliphatic carbocycles. The first-order valence-corrected chi connectivity index (χ1v) is 8.92. The molecule has 0 saturated carbocycles. The van der Waals surface area contributed by atoms with E-state index in [2.05, 4.69) is 4.99 Å². The lowest BCUT2D eigenvalue weighted by molar-refractivity contribution is -0.143. The monoisotopic (exact) mass is 390 g/mol. The largest absolute Gasteiger partial charge is 0.493 e. The van der Waals surface area contributed by atoms with Gasteiger partial charge in [0, 0.05) is 12.1 Å². The van der Waals surface area contributed by atoms with Crippen LogP contribution in [0.2, 0.25) is 0 Å². The minimum Gasteiger partial charge on any atom is -0.493 e. The molecule has 0 saturated heterocycles. The van der Waals surface area contributed by atoms with Gasteiger partial charge in [-0.25, -0.2) is 0 Å². The Morgan fingerprint density at radius 1 is 1.22 bits per heavy atom. The number of methoxy groups -OCH3 is 2. The molecular weight excluding hydrogens is 372 g/mol. The Hall–Kier alpha value is -3.07. The molecule has 2 heterocycles. The molecule has 0 spiro atoms. The smallest absolute Gasteiger partial charge is 0.326 e. The van der Waals surface area contributed by atoms with Crippen molar-refractivity contribution in [3.05, 3.63) is 41.1 Å². The standard InChI is InChI=1S/C18H18N2O6S/c1-4-25-16(21)10-20-11-8-13(23-2)14(24-3)9-15(11)27-18(20)19-17(22)12-6-5-7-26-12/h5-9H,4,10H2,1-3H3. The first-order chi connectivity index (χ1) is 13.1. The highest BCUT2D eigenvalue weighted by Gasteiger charge is 2.16. The fourth-order valence-corrected chi connectivity index (χ4v) is 3.55. The van der Waals surface area contributed by atoms with Crippen LogP contribution < -0.4 is 14.3 Å². The van der Waals surface area contributed by atoms with Crippen LogP contribution in [0.15, 0.2) is 39.9 Å². The number of thiazole rings is 1. The fraction of sp³-hybridized carbons (Fsp3) is 0.278. The van der Waals surface area contributed by atoms with Crippen LogP contribution in [0.3, 0.4) is 0 Å². The van der Waals surface area contributed by atoms with Crippen LogP contribution in [0.4, 0.5) is 0 Å². The molecule has 0 radical (unpaired) electrons. The minimum absolute atomic E-state index is 0.0897. The normalized spacial score (nSPS) is 11.6. The van der Waals surface area contributed by atoms with Crippen molar-refractivity contribution in [1.29, 1.82) is 0 Å². The van der Waals surface area contributed by atoms with Crippen molar-refractivity contribution < 1.29 is 28.2 Å². The third-order valence-electron chi connectivity index (χ3n) is 3.71. The molecule has 1 amide bonds. The van der Waals surface area contributed by atoms with E-state index in [0.717, 1.165) is 4.70 Å². The number of aromatic nitrogens is 1. The number of hydrogen-bond donors (Lipinski definition) is 0. The second-order valence-electron chi connectivity index (χ2n) is 5.34. The van der Waals surface area contributed by atoms with Gasteiger partial charge in [-0.2, -0.15) is 4.99 Å². The predicted molar refractivity (Wildman–Crippen MR) is 98.2 cm³/mol. The van der Waals surface area contributed by atoms with Crippen LogP contribution in [0.25, 0.3) is 10.2 Å². The molecule has 0 aliphatic heterocycles. The van der Waals surface area contributed by atoms with Crippen molar-refractivity contribution in [2.45, 2.75) is 13.5 Å². The van der Waals surface area contributed by atoms with E-state index in [1.807, 2.05) is 0 Å². The lowest BCUT2D eigenvalue weighted by Gasteiger charge is -2.09. The molecule has 142 valence electrons. The van der Waals surface area contributed by atoms with Gasteiger partial charge in [-0.1, -0.05) is 11.3 Å². The highest BCUT2D eigenvalue weighted by Crippen LogP contribution is 2.33. The van der Waals surface area contributed by atoms with E-state index in [1.54, 1.807) is 29.7 Å². The number of furan rings is 1. The maximum absolute atomic E-state index is 12.3. The summed E-state index contributed by atoms with van der Waals surface area (Å²) in [5.74, 6) is 0.190. The summed E-state index contributed by atoms with van der Waals surface area (Å²) in [4.78, 5) is 28.9. The van der Waals surface area contributed by atoms with E-state index < -0.39 is 11.9 Å². The van der Waals surface area contributed by atoms with Gasteiger partial charge in [-0.3, -0.25) is 9.59 Å². The van der Waals surface area contributed by atoms with Gasteiger partial charge in [0.2, 0.25) is 0 Å². The van der Waals surface area contributed by atoms with Crippen LogP contribution in [0, 0.1) is 0 Å². The van der Waals surface area contributed by atoms with Crippen LogP contribution in [-0.2, 0) is 16.1 Å². The van der Waals surface area contributed by atoms with Crippen molar-refractivity contribution in [3.63, 3.8) is 0 Å². The van der Waals surface area contributed by atoms with E-state index in [4.69, 9.17) is 18.6 Å². The molecule has 2 aromatic heterocycles. The Morgan fingerprint density at radius 2 is 1.96 bits per heavy atom. The van der Waals surface area contributed by atoms with Crippen LogP contribution in [0.1, 0.15) is 17.5 Å². The number of nitrogens with zero attached hydrogens (tertiary/aromatic N) is 2. The molecule has 0 bridgehead atoms. The van der Waals surface area contributed by atoms with E-state index in [9.17, 15) is 9.59 Å². The Bertz CT molecular complexity index is 1030. The van der Waals surface area contributed by atoms with Crippen molar-refractivity contribution in [2.24, 2.45) is 4.99 Å². The number of carbonyl (C=O) groups excluding carboxylic acids is 2. The van der Waals surface area contributed by atoms with E-state index in [-0.39, 0.29) is 18.9 Å². The number of carbonyl (C=O) groups is 2. The van der Waals surface area contributed by atoms with Gasteiger partial charge in [0.15, 0.2) is 22.1 Å². The lowest BCUT2D eigenvalue weighted by Crippen LogP contribution is -2.23. The summed E-state index contributed by atoms with van der Waals surface area (Å²) >= 11 is 1.25. The van der Waals surface area contributed by atoms with Crippen LogP contribution >= 0.6 is 11.3 Å². The summed E-state index contributed by atoms with van der Waals surface area (Å²) in [5, 5.41) is 0. The maximum atomic E-state index is 12.3. The molecule has 0 aliphatic rings. The molecule has 0 unspecified atom stereocenters. The van der Waals surface area contributed by atoms with Gasteiger partial charge in [0.25, 0.3) is 0 Å². The van der Waals surface area contributed by atoms with Crippen LogP contribution in [0.5, 0.6) is 11.5 Å². The first-order valence-electron chi connectivity index (χ1n) is 8.11. The minimum atomic E-state index is -0.539. The number of fused-ring (bicyclic) bond motifs is 1. The first kappa shape index (κ1) is 18.7. The van der Waals surface area contributed by atoms with E-state index in [1.165, 1.54) is 37.9 Å². The van der Waals surface area contributed by atoms with E-state index in [0.29, 0.717) is 21.8 Å². The zero-order chi connectivity index (χ0) is 19.4. The number of amides is 1. The van der Waals surface area contributed by atoms with Gasteiger partial charge >= 0.3 is 11.9 Å². The van der Waals surface area contributed by atoms with E-state index >= 15 is 0 Å². The van der Waals surface area contributed by atoms with Gasteiger partial charge in [-0.15, -0.1) is 0 Å². The molecule has 3 aromatic rings. The summed E-state index contributed by atoms with van der Waals surface area (Å²) in [6.45, 7) is 1.90. The predicted octanol–water partition coefficient (Wildman–Crippen LogP) is 2.62. The number of ether oxygens (including phenoxy) is 3. The van der Waals surface area contributed by atoms with Crippen molar-refractivity contribution in [1.82, 2.24) is 4.57 Å². The topological polar surface area (TPSA) is 92.3 Å². The van der Waals surface area contributed by atoms with Gasteiger partial charge in [-0.05, 0) is 19.1 Å². The van der Waals surface area contributed by atoms with Gasteiger partial charge in [0.05, 0.1) is 37.3 Å². The Kier molecular flexibility index (Phi) is 5.60. The number of rotatable bonds is 6. The lowest BCUT2D eigenvalue weighted by atomic mass is 10.3. The Labute approximate surface area is 158 Å². The fourth-order valence-electron chi connectivity index (χ4n) is 2.51. The summed E-state index contributed by atoms with van der Waals surface area (Å²) in [7, 11) is 3.06.